The summed E-state index contributed by atoms with van der Waals surface area (Å²) in [5.74, 6) is 1.79. The third-order valence-corrected chi connectivity index (χ3v) is 3.80. The van der Waals surface area contributed by atoms with E-state index in [0.29, 0.717) is 23.5 Å². The van der Waals surface area contributed by atoms with Gasteiger partial charge in [-0.3, -0.25) is 0 Å². The predicted molar refractivity (Wildman–Crippen MR) is 88.5 cm³/mol. The molecule has 0 saturated carbocycles. The molecule has 0 bridgehead atoms. The molecule has 0 radical (unpaired) electrons. The summed E-state index contributed by atoms with van der Waals surface area (Å²) in [6.07, 6.45) is 0.721. The summed E-state index contributed by atoms with van der Waals surface area (Å²) in [6, 6.07) is 6.40. The van der Waals surface area contributed by atoms with Crippen molar-refractivity contribution in [1.82, 2.24) is 15.5 Å². The number of aromatic nitrogens is 2. The van der Waals surface area contributed by atoms with Gasteiger partial charge in [-0.15, -0.1) is 12.4 Å². The van der Waals surface area contributed by atoms with Gasteiger partial charge < -0.3 is 14.3 Å². The van der Waals surface area contributed by atoms with Crippen molar-refractivity contribution in [2.45, 2.75) is 33.2 Å². The van der Waals surface area contributed by atoms with Crippen molar-refractivity contribution in [3.63, 3.8) is 0 Å². The summed E-state index contributed by atoms with van der Waals surface area (Å²) in [6.45, 7) is 6.12. The number of benzene rings is 1. The maximum Gasteiger partial charge on any atom is 0.293 e. The quantitative estimate of drug-likeness (QED) is 0.794. The van der Waals surface area contributed by atoms with Crippen LogP contribution in [0.4, 0.5) is 0 Å². The van der Waals surface area contributed by atoms with E-state index in [1.807, 2.05) is 39.1 Å². The van der Waals surface area contributed by atoms with E-state index in [0.717, 1.165) is 28.5 Å². The molecule has 2 heterocycles. The molecule has 22 heavy (non-hydrogen) atoms. The smallest absolute Gasteiger partial charge is 0.293 e. The molecule has 0 saturated heterocycles. The van der Waals surface area contributed by atoms with Crippen LogP contribution in [0.25, 0.3) is 22.6 Å². The molecule has 5 nitrogen and oxygen atoms in total. The van der Waals surface area contributed by atoms with E-state index in [-0.39, 0.29) is 12.4 Å². The maximum absolute atomic E-state index is 5.95. The fraction of sp³-hybridized carbons (Fsp3) is 0.375. The lowest BCUT2D eigenvalue weighted by atomic mass is 10.1. The van der Waals surface area contributed by atoms with Gasteiger partial charge in [0.15, 0.2) is 11.6 Å². The summed E-state index contributed by atoms with van der Waals surface area (Å²) < 4.78 is 11.3. The lowest BCUT2D eigenvalue weighted by Gasteiger charge is -2.04. The van der Waals surface area contributed by atoms with Gasteiger partial charge in [0.25, 0.3) is 5.89 Å². The van der Waals surface area contributed by atoms with Gasteiger partial charge >= 0.3 is 0 Å². The third-order valence-electron chi connectivity index (χ3n) is 3.80. The highest BCUT2D eigenvalue weighted by atomic mass is 35.5. The minimum atomic E-state index is 0. The van der Waals surface area contributed by atoms with Crippen molar-refractivity contribution in [2.24, 2.45) is 0 Å². The van der Waals surface area contributed by atoms with Crippen LogP contribution in [-0.4, -0.2) is 23.2 Å². The molecule has 0 aliphatic rings. The number of para-hydroxylation sites is 1. The Morgan fingerprint density at radius 3 is 2.73 bits per heavy atom. The minimum absolute atomic E-state index is 0. The van der Waals surface area contributed by atoms with Crippen LogP contribution in [0, 0.1) is 13.8 Å². The van der Waals surface area contributed by atoms with Crippen molar-refractivity contribution >= 4 is 23.4 Å². The average molecular weight is 322 g/mol. The van der Waals surface area contributed by atoms with E-state index in [1.165, 1.54) is 0 Å². The molecule has 3 aromatic rings. The number of nitrogens with one attached hydrogen (secondary N) is 1. The molecule has 0 amide bonds. The van der Waals surface area contributed by atoms with Crippen LogP contribution in [0.2, 0.25) is 0 Å². The molecular formula is C16H20ClN3O2. The van der Waals surface area contributed by atoms with Gasteiger partial charge in [0.1, 0.15) is 5.58 Å². The highest BCUT2D eigenvalue weighted by Gasteiger charge is 2.19. The zero-order valence-electron chi connectivity index (χ0n) is 13.1. The van der Waals surface area contributed by atoms with E-state index in [2.05, 4.69) is 22.4 Å². The van der Waals surface area contributed by atoms with Gasteiger partial charge in [0.2, 0.25) is 0 Å². The molecule has 0 spiro atoms. The molecule has 0 aliphatic carbocycles. The largest absolute Gasteiger partial charge is 0.450 e. The second-order valence-corrected chi connectivity index (χ2v) is 5.42. The molecule has 1 N–H and O–H groups in total. The standard InChI is InChI=1S/C16H19N3O2.ClH/c1-9-6-5-7-12-11(3)15(20-14(9)12)16-18-13(19-21-16)8-10(2)17-4;/h5-7,10,17H,8H2,1-4H3;1H. The first-order valence-corrected chi connectivity index (χ1v) is 7.09. The maximum atomic E-state index is 5.95. The number of hydrogen-bond acceptors (Lipinski definition) is 5. The zero-order chi connectivity index (χ0) is 15.0. The van der Waals surface area contributed by atoms with Crippen LogP contribution in [0.15, 0.2) is 27.1 Å². The van der Waals surface area contributed by atoms with E-state index in [9.17, 15) is 0 Å². The number of halogens is 1. The Bertz CT molecular complexity index is 779. The lowest BCUT2D eigenvalue weighted by molar-refractivity contribution is 0.407. The first kappa shape index (κ1) is 16.5. The number of rotatable bonds is 4. The number of aryl methyl sites for hydroxylation is 2. The minimum Gasteiger partial charge on any atom is -0.450 e. The Labute approximate surface area is 135 Å². The average Bonchev–Trinajstić information content (AvgIpc) is 3.05. The number of furan rings is 1. The van der Waals surface area contributed by atoms with Gasteiger partial charge in [-0.05, 0) is 33.4 Å². The number of hydrogen-bond donors (Lipinski definition) is 1. The Morgan fingerprint density at radius 1 is 1.27 bits per heavy atom. The molecular weight excluding hydrogens is 302 g/mol. The molecule has 118 valence electrons. The molecule has 1 unspecified atom stereocenters. The van der Waals surface area contributed by atoms with E-state index in [4.69, 9.17) is 8.94 Å². The van der Waals surface area contributed by atoms with E-state index in [1.54, 1.807) is 0 Å². The highest BCUT2D eigenvalue weighted by Crippen LogP contribution is 2.33. The van der Waals surface area contributed by atoms with Crippen molar-refractivity contribution in [2.75, 3.05) is 7.05 Å². The first-order chi connectivity index (χ1) is 10.1. The SMILES string of the molecule is CNC(C)Cc1noc(-c2oc3c(C)cccc3c2C)n1.Cl. The second-order valence-electron chi connectivity index (χ2n) is 5.42. The van der Waals surface area contributed by atoms with Crippen LogP contribution in [0.5, 0.6) is 0 Å². The van der Waals surface area contributed by atoms with Crippen LogP contribution >= 0.6 is 12.4 Å². The fourth-order valence-corrected chi connectivity index (χ4v) is 2.39. The van der Waals surface area contributed by atoms with Gasteiger partial charge in [-0.25, -0.2) is 0 Å². The lowest BCUT2D eigenvalue weighted by Crippen LogP contribution is -2.24. The van der Waals surface area contributed by atoms with Crippen LogP contribution in [0.3, 0.4) is 0 Å². The summed E-state index contributed by atoms with van der Waals surface area (Å²) >= 11 is 0. The molecule has 2 aromatic heterocycles. The predicted octanol–water partition coefficient (Wildman–Crippen LogP) is 3.67. The zero-order valence-corrected chi connectivity index (χ0v) is 14.0. The Balaban J connectivity index is 0.00000176. The molecule has 1 atom stereocenters. The molecule has 3 rings (SSSR count). The molecule has 0 fully saturated rings. The number of fused-ring (bicyclic) bond motifs is 1. The summed E-state index contributed by atoms with van der Waals surface area (Å²) in [7, 11) is 1.91. The Hall–Kier alpha value is -1.85. The number of likely N-dealkylation sites (N-methyl/N-ethyl adjacent to an activating group) is 1. The first-order valence-electron chi connectivity index (χ1n) is 7.09. The van der Waals surface area contributed by atoms with Crippen LogP contribution in [-0.2, 0) is 6.42 Å². The summed E-state index contributed by atoms with van der Waals surface area (Å²) in [4.78, 5) is 4.44. The van der Waals surface area contributed by atoms with Gasteiger partial charge in [-0.1, -0.05) is 23.4 Å². The Morgan fingerprint density at radius 2 is 2.05 bits per heavy atom. The van der Waals surface area contributed by atoms with E-state index < -0.39 is 0 Å². The molecule has 6 heteroatoms. The second kappa shape index (κ2) is 6.50. The summed E-state index contributed by atoms with van der Waals surface area (Å²) in [5.41, 5.74) is 3.02. The van der Waals surface area contributed by atoms with Crippen molar-refractivity contribution < 1.29 is 8.94 Å². The Kier molecular flexibility index (Phi) is 4.88. The van der Waals surface area contributed by atoms with Crippen LogP contribution in [0.1, 0.15) is 23.9 Å². The summed E-state index contributed by atoms with van der Waals surface area (Å²) in [5, 5.41) is 8.28. The van der Waals surface area contributed by atoms with Gasteiger partial charge in [-0.2, -0.15) is 4.98 Å². The normalized spacial score (nSPS) is 12.4. The third kappa shape index (κ3) is 2.87. The van der Waals surface area contributed by atoms with Gasteiger partial charge in [0, 0.05) is 23.4 Å². The molecule has 0 aliphatic heterocycles. The van der Waals surface area contributed by atoms with E-state index >= 15 is 0 Å². The van der Waals surface area contributed by atoms with Crippen molar-refractivity contribution in [3.05, 3.63) is 35.2 Å². The van der Waals surface area contributed by atoms with Crippen LogP contribution < -0.4 is 5.32 Å². The van der Waals surface area contributed by atoms with Crippen molar-refractivity contribution in [1.29, 1.82) is 0 Å². The van der Waals surface area contributed by atoms with Crippen molar-refractivity contribution in [3.8, 4) is 11.7 Å². The monoisotopic (exact) mass is 321 g/mol. The fourth-order valence-electron chi connectivity index (χ4n) is 2.39. The van der Waals surface area contributed by atoms with Gasteiger partial charge in [0.05, 0.1) is 0 Å². The molecule has 1 aromatic carbocycles. The topological polar surface area (TPSA) is 64.1 Å². The highest BCUT2D eigenvalue weighted by molar-refractivity contribution is 5.88. The number of nitrogens with zero attached hydrogens (tertiary/aromatic N) is 2.